The van der Waals surface area contributed by atoms with Crippen LogP contribution in [0.4, 0.5) is 5.69 Å². The molecule has 6 heteroatoms. The van der Waals surface area contributed by atoms with Crippen LogP contribution in [0.5, 0.6) is 11.5 Å². The van der Waals surface area contributed by atoms with Gasteiger partial charge in [-0.25, -0.2) is 0 Å². The molecule has 0 fully saturated rings. The topological polar surface area (TPSA) is 59.3 Å². The Kier molecular flexibility index (Phi) is 5.90. The highest BCUT2D eigenvalue weighted by Gasteiger charge is 2.07. The second-order valence-corrected chi connectivity index (χ2v) is 5.06. The van der Waals surface area contributed by atoms with Crippen LogP contribution in [0.1, 0.15) is 31.1 Å². The highest BCUT2D eigenvalue weighted by molar-refractivity contribution is 5.85. The smallest absolute Gasteiger partial charge is 0.160 e. The molecule has 5 nitrogen and oxygen atoms in total. The van der Waals surface area contributed by atoms with Crippen LogP contribution in [0.2, 0.25) is 0 Å². The van der Waals surface area contributed by atoms with Crippen molar-refractivity contribution in [3.8, 4) is 11.5 Å². The summed E-state index contributed by atoms with van der Waals surface area (Å²) in [6.45, 7) is 6.84. The van der Waals surface area contributed by atoms with Gasteiger partial charge in [-0.3, -0.25) is 4.68 Å². The van der Waals surface area contributed by atoms with Gasteiger partial charge in [0.25, 0.3) is 0 Å². The van der Waals surface area contributed by atoms with E-state index in [-0.39, 0.29) is 18.2 Å². The fourth-order valence-corrected chi connectivity index (χ4v) is 1.95. The summed E-state index contributed by atoms with van der Waals surface area (Å²) in [6, 6.07) is 5.68. The van der Waals surface area contributed by atoms with Gasteiger partial charge in [-0.15, -0.1) is 12.4 Å². The zero-order valence-corrected chi connectivity index (χ0v) is 13.6. The van der Waals surface area contributed by atoms with Crippen molar-refractivity contribution >= 4 is 18.1 Å². The number of aromatic nitrogens is 2. The molecule has 0 saturated carbocycles. The molecule has 0 saturated heterocycles. The molecule has 2 N–H and O–H groups in total. The fraction of sp³-hybridized carbons (Fsp3) is 0.400. The number of hydrogen-bond donors (Lipinski definition) is 2. The zero-order valence-electron chi connectivity index (χ0n) is 12.8. The summed E-state index contributed by atoms with van der Waals surface area (Å²) in [5, 5.41) is 17.4. The second-order valence-electron chi connectivity index (χ2n) is 5.06. The molecular formula is C15H22ClN3O2. The molecule has 0 aliphatic heterocycles. The van der Waals surface area contributed by atoms with E-state index in [1.165, 1.54) is 0 Å². The van der Waals surface area contributed by atoms with E-state index in [0.29, 0.717) is 18.3 Å². The molecule has 0 aliphatic carbocycles. The van der Waals surface area contributed by atoms with Gasteiger partial charge >= 0.3 is 0 Å². The number of aromatic hydroxyl groups is 1. The number of phenolic OH excluding ortho intramolecular Hbond substituents is 1. The van der Waals surface area contributed by atoms with E-state index in [2.05, 4.69) is 24.3 Å². The number of ether oxygens (including phenoxy) is 1. The zero-order chi connectivity index (χ0) is 14.7. The van der Waals surface area contributed by atoms with Crippen molar-refractivity contribution in [3.05, 3.63) is 35.7 Å². The van der Waals surface area contributed by atoms with Crippen molar-refractivity contribution in [3.63, 3.8) is 0 Å². The Morgan fingerprint density at radius 1 is 1.38 bits per heavy atom. The molecule has 21 heavy (non-hydrogen) atoms. The van der Waals surface area contributed by atoms with Gasteiger partial charge in [0, 0.05) is 18.8 Å². The molecule has 116 valence electrons. The number of nitrogens with zero attached hydrogens (tertiary/aromatic N) is 2. The van der Waals surface area contributed by atoms with Crippen LogP contribution in [0, 0.1) is 6.92 Å². The second kappa shape index (κ2) is 7.22. The molecule has 0 atom stereocenters. The molecule has 2 rings (SSSR count). The maximum absolute atomic E-state index is 9.57. The summed E-state index contributed by atoms with van der Waals surface area (Å²) in [5.74, 6) is 0.638. The van der Waals surface area contributed by atoms with Gasteiger partial charge in [-0.1, -0.05) is 6.07 Å². The predicted octanol–water partition coefficient (Wildman–Crippen LogP) is 3.52. The first kappa shape index (κ1) is 17.2. The largest absolute Gasteiger partial charge is 0.504 e. The minimum atomic E-state index is 0. The number of phenols is 1. The van der Waals surface area contributed by atoms with Crippen molar-refractivity contribution in [2.75, 3.05) is 12.4 Å². The van der Waals surface area contributed by atoms with E-state index in [0.717, 1.165) is 16.9 Å². The molecule has 0 amide bonds. The normalized spacial score (nSPS) is 10.3. The number of nitrogens with one attached hydrogen (secondary N) is 1. The molecule has 1 aromatic carbocycles. The Morgan fingerprint density at radius 3 is 2.67 bits per heavy atom. The van der Waals surface area contributed by atoms with Crippen LogP contribution in [0.3, 0.4) is 0 Å². The van der Waals surface area contributed by atoms with Gasteiger partial charge in [-0.2, -0.15) is 5.10 Å². The summed E-state index contributed by atoms with van der Waals surface area (Å²) in [7, 11) is 1.54. The van der Waals surface area contributed by atoms with Crippen LogP contribution in [-0.4, -0.2) is 22.0 Å². The van der Waals surface area contributed by atoms with Crippen LogP contribution >= 0.6 is 12.4 Å². The van der Waals surface area contributed by atoms with Crippen LogP contribution in [0.25, 0.3) is 0 Å². The van der Waals surface area contributed by atoms with Crippen LogP contribution < -0.4 is 10.1 Å². The third kappa shape index (κ3) is 4.04. The number of rotatable bonds is 5. The first-order valence-corrected chi connectivity index (χ1v) is 6.66. The number of hydrogen-bond acceptors (Lipinski definition) is 4. The summed E-state index contributed by atoms with van der Waals surface area (Å²) in [5.41, 5.74) is 3.03. The van der Waals surface area contributed by atoms with E-state index in [9.17, 15) is 5.11 Å². The minimum Gasteiger partial charge on any atom is -0.504 e. The monoisotopic (exact) mass is 311 g/mol. The van der Waals surface area contributed by atoms with E-state index in [1.807, 2.05) is 29.9 Å². The molecule has 0 unspecified atom stereocenters. The predicted molar refractivity (Wildman–Crippen MR) is 86.6 cm³/mol. The Morgan fingerprint density at radius 2 is 2.10 bits per heavy atom. The highest BCUT2D eigenvalue weighted by atomic mass is 35.5. The van der Waals surface area contributed by atoms with Crippen molar-refractivity contribution in [1.29, 1.82) is 0 Å². The van der Waals surface area contributed by atoms with Gasteiger partial charge in [0.1, 0.15) is 0 Å². The third-order valence-electron chi connectivity index (χ3n) is 3.17. The third-order valence-corrected chi connectivity index (χ3v) is 3.17. The molecule has 2 aromatic rings. The number of halogens is 1. The summed E-state index contributed by atoms with van der Waals surface area (Å²) in [4.78, 5) is 0. The van der Waals surface area contributed by atoms with Gasteiger partial charge < -0.3 is 15.2 Å². The molecule has 0 spiro atoms. The van der Waals surface area contributed by atoms with Gasteiger partial charge in [0.15, 0.2) is 11.5 Å². The Bertz CT molecular complexity index is 597. The summed E-state index contributed by atoms with van der Waals surface area (Å²) >= 11 is 0. The number of methoxy groups -OCH3 is 1. The lowest BCUT2D eigenvalue weighted by atomic mass is 10.2. The van der Waals surface area contributed by atoms with Crippen LogP contribution in [0.15, 0.2) is 24.4 Å². The average molecular weight is 312 g/mol. The van der Waals surface area contributed by atoms with Gasteiger partial charge in [-0.05, 0) is 38.5 Å². The lowest BCUT2D eigenvalue weighted by Crippen LogP contribution is -2.01. The van der Waals surface area contributed by atoms with E-state index < -0.39 is 0 Å². The lowest BCUT2D eigenvalue weighted by Gasteiger charge is -2.08. The molecule has 0 radical (unpaired) electrons. The summed E-state index contributed by atoms with van der Waals surface area (Å²) in [6.07, 6.45) is 2.01. The Hall–Kier alpha value is -1.88. The standard InChI is InChI=1S/C15H21N3O2.ClH/c1-10(2)18-9-13(11(3)17-18)16-8-12-5-6-14(19)15(7-12)20-4;/h5-7,9-10,16,19H,8H2,1-4H3;1H. The number of anilines is 1. The average Bonchev–Trinajstić information content (AvgIpc) is 2.79. The number of benzene rings is 1. The molecule has 1 heterocycles. The van der Waals surface area contributed by atoms with E-state index in [1.54, 1.807) is 13.2 Å². The molecule has 0 bridgehead atoms. The quantitative estimate of drug-likeness (QED) is 0.887. The Balaban J connectivity index is 0.00000220. The molecular weight excluding hydrogens is 290 g/mol. The van der Waals surface area contributed by atoms with Crippen molar-refractivity contribution < 1.29 is 9.84 Å². The lowest BCUT2D eigenvalue weighted by molar-refractivity contribution is 0.373. The highest BCUT2D eigenvalue weighted by Crippen LogP contribution is 2.26. The van der Waals surface area contributed by atoms with E-state index >= 15 is 0 Å². The SMILES string of the molecule is COc1cc(CNc2cn(C(C)C)nc2C)ccc1O.Cl. The van der Waals surface area contributed by atoms with E-state index in [4.69, 9.17) is 4.74 Å². The Labute approximate surface area is 131 Å². The molecule has 0 aliphatic rings. The van der Waals surface area contributed by atoms with Crippen molar-refractivity contribution in [2.24, 2.45) is 0 Å². The maximum atomic E-state index is 9.57. The molecule has 1 aromatic heterocycles. The van der Waals surface area contributed by atoms with Gasteiger partial charge in [0.05, 0.1) is 18.5 Å². The minimum absolute atomic E-state index is 0. The maximum Gasteiger partial charge on any atom is 0.160 e. The van der Waals surface area contributed by atoms with Gasteiger partial charge in [0.2, 0.25) is 0 Å². The summed E-state index contributed by atoms with van der Waals surface area (Å²) < 4.78 is 7.04. The van der Waals surface area contributed by atoms with Crippen molar-refractivity contribution in [2.45, 2.75) is 33.4 Å². The first-order valence-electron chi connectivity index (χ1n) is 6.66. The number of aryl methyl sites for hydroxylation is 1. The first-order chi connectivity index (χ1) is 9.51. The van der Waals surface area contributed by atoms with Crippen LogP contribution in [-0.2, 0) is 6.54 Å². The van der Waals surface area contributed by atoms with Crippen molar-refractivity contribution in [1.82, 2.24) is 9.78 Å². The fourth-order valence-electron chi connectivity index (χ4n) is 1.95.